The number of hydrogen-bond acceptors (Lipinski definition) is 2. The van der Waals surface area contributed by atoms with Crippen molar-refractivity contribution >= 4 is 65.9 Å². The summed E-state index contributed by atoms with van der Waals surface area (Å²) >= 11 is 0. The molecule has 4 heteroatoms. The highest BCUT2D eigenvalue weighted by atomic mass is 15.3. The van der Waals surface area contributed by atoms with Crippen LogP contribution in [0.15, 0.2) is 169 Å². The van der Waals surface area contributed by atoms with Crippen LogP contribution in [-0.2, 0) is 0 Å². The third-order valence-electron chi connectivity index (χ3n) is 9.56. The lowest BCUT2D eigenvalue weighted by molar-refractivity contribution is 0.562. The third kappa shape index (κ3) is 3.47. The number of rotatable bonds is 2. The molecule has 0 saturated carbocycles. The normalized spacial score (nSPS) is 14.7. The molecule has 6 aromatic carbocycles. The minimum atomic E-state index is 0.737. The van der Waals surface area contributed by atoms with Crippen LogP contribution in [0.2, 0.25) is 0 Å². The molecule has 0 fully saturated rings. The zero-order valence-corrected chi connectivity index (χ0v) is 25.0. The Kier molecular flexibility index (Phi) is 5.31. The second kappa shape index (κ2) is 9.68. The molecular weight excluding hydrogens is 560 g/mol. The standard InChI is InChI=1S/C42H28N4/c1-2-14-29(15-3-1)45-37-22-8-6-17-31(37)32-19-12-20-33(41(32)45)35-27-43-42(44-26-11-10-21-36(35)44)46-38-23-9-7-18-34(38)40-30-16-5-4-13-28(30)24-25-39(40)46/h1-25,27H,26H2. The first kappa shape index (κ1) is 25.2. The molecule has 0 aliphatic carbocycles. The minimum absolute atomic E-state index is 0.737. The Labute approximate surface area is 265 Å². The smallest absolute Gasteiger partial charge is 0.215 e. The van der Waals surface area contributed by atoms with E-state index in [1.165, 1.54) is 48.9 Å². The quantitative estimate of drug-likeness (QED) is 0.197. The van der Waals surface area contributed by atoms with Gasteiger partial charge < -0.3 is 9.47 Å². The number of aromatic nitrogens is 2. The summed E-state index contributed by atoms with van der Waals surface area (Å²) in [6.07, 6.45) is 8.71. The first-order valence-corrected chi connectivity index (χ1v) is 15.8. The van der Waals surface area contributed by atoms with Crippen LogP contribution >= 0.6 is 0 Å². The van der Waals surface area contributed by atoms with Crippen LogP contribution in [0.3, 0.4) is 0 Å². The average Bonchev–Trinajstić information content (AvgIpc) is 3.65. The lowest BCUT2D eigenvalue weighted by atomic mass is 9.97. The number of hydrogen-bond donors (Lipinski definition) is 0. The van der Waals surface area contributed by atoms with Gasteiger partial charge in [0, 0.05) is 51.1 Å². The second-order valence-corrected chi connectivity index (χ2v) is 12.0. The highest BCUT2D eigenvalue weighted by Gasteiger charge is 2.30. The SMILES string of the molecule is C1=CCN2C(=C1)C(c1cccc3c4ccccc4n(-c4ccccc4)c13)=CN=C2n1c2ccccc2c2c3ccccc3ccc21. The van der Waals surface area contributed by atoms with Crippen LogP contribution in [0.1, 0.15) is 5.56 Å². The van der Waals surface area contributed by atoms with Gasteiger partial charge in [-0.25, -0.2) is 4.99 Å². The number of allylic oxidation sites excluding steroid dienone is 3. The predicted octanol–water partition coefficient (Wildman–Crippen LogP) is 10.1. The largest absolute Gasteiger partial charge is 0.309 e. The lowest BCUT2D eigenvalue weighted by Gasteiger charge is -2.34. The van der Waals surface area contributed by atoms with Crippen molar-refractivity contribution in [3.8, 4) is 5.69 Å². The number of benzene rings is 6. The molecule has 10 rings (SSSR count). The highest BCUT2D eigenvalue weighted by Crippen LogP contribution is 2.42. The summed E-state index contributed by atoms with van der Waals surface area (Å²) in [6.45, 7) is 0.737. The van der Waals surface area contributed by atoms with E-state index < -0.39 is 0 Å². The number of para-hydroxylation sites is 4. The van der Waals surface area contributed by atoms with Crippen molar-refractivity contribution < 1.29 is 0 Å². The van der Waals surface area contributed by atoms with Crippen molar-refractivity contribution in [1.82, 2.24) is 14.0 Å². The van der Waals surface area contributed by atoms with Crippen LogP contribution in [-0.4, -0.2) is 26.5 Å². The number of aliphatic imine (C=N–C) groups is 1. The second-order valence-electron chi connectivity index (χ2n) is 12.0. The van der Waals surface area contributed by atoms with E-state index in [0.29, 0.717) is 0 Å². The van der Waals surface area contributed by atoms with Crippen molar-refractivity contribution in [3.05, 3.63) is 169 Å². The Morgan fingerprint density at radius 3 is 2.13 bits per heavy atom. The third-order valence-corrected chi connectivity index (χ3v) is 9.56. The fraction of sp³-hybridized carbons (Fsp3) is 0.0238. The summed E-state index contributed by atoms with van der Waals surface area (Å²) < 4.78 is 4.75. The summed E-state index contributed by atoms with van der Waals surface area (Å²) in [6, 6.07) is 47.9. The van der Waals surface area contributed by atoms with Gasteiger partial charge in [0.15, 0.2) is 0 Å². The van der Waals surface area contributed by atoms with E-state index in [2.05, 4.69) is 172 Å². The maximum atomic E-state index is 5.32. The molecule has 0 N–H and O–H groups in total. The van der Waals surface area contributed by atoms with Gasteiger partial charge in [0.1, 0.15) is 0 Å². The van der Waals surface area contributed by atoms with Gasteiger partial charge in [-0.15, -0.1) is 0 Å². The molecule has 0 unspecified atom stereocenters. The molecule has 2 aliphatic heterocycles. The van der Waals surface area contributed by atoms with Gasteiger partial charge in [-0.2, -0.15) is 0 Å². The molecule has 2 aliphatic rings. The molecule has 0 spiro atoms. The summed E-state index contributed by atoms with van der Waals surface area (Å²) in [5.41, 5.74) is 9.29. The first-order chi connectivity index (χ1) is 22.9. The molecular formula is C42H28N4. The first-order valence-electron chi connectivity index (χ1n) is 15.8. The summed E-state index contributed by atoms with van der Waals surface area (Å²) in [7, 11) is 0. The van der Waals surface area contributed by atoms with Crippen molar-refractivity contribution in [1.29, 1.82) is 0 Å². The molecule has 46 heavy (non-hydrogen) atoms. The lowest BCUT2D eigenvalue weighted by Crippen LogP contribution is -2.38. The zero-order chi connectivity index (χ0) is 30.2. The van der Waals surface area contributed by atoms with Gasteiger partial charge in [-0.1, -0.05) is 115 Å². The van der Waals surface area contributed by atoms with Crippen LogP contribution in [0.25, 0.3) is 65.6 Å². The van der Waals surface area contributed by atoms with E-state index in [0.717, 1.165) is 40.5 Å². The van der Waals surface area contributed by atoms with Gasteiger partial charge in [0.2, 0.25) is 5.96 Å². The highest BCUT2D eigenvalue weighted by molar-refractivity contribution is 6.24. The molecule has 0 radical (unpaired) electrons. The minimum Gasteiger partial charge on any atom is -0.309 e. The zero-order valence-electron chi connectivity index (χ0n) is 25.0. The number of nitrogens with zero attached hydrogens (tertiary/aromatic N) is 4. The van der Waals surface area contributed by atoms with Crippen molar-refractivity contribution in [2.75, 3.05) is 6.54 Å². The van der Waals surface area contributed by atoms with Crippen molar-refractivity contribution in [3.63, 3.8) is 0 Å². The van der Waals surface area contributed by atoms with E-state index in [1.54, 1.807) is 0 Å². The predicted molar refractivity (Wildman–Crippen MR) is 192 cm³/mol. The molecule has 4 nitrogen and oxygen atoms in total. The van der Waals surface area contributed by atoms with Crippen LogP contribution in [0.4, 0.5) is 0 Å². The van der Waals surface area contributed by atoms with Crippen LogP contribution in [0, 0.1) is 0 Å². The molecule has 4 heterocycles. The fourth-order valence-electron chi connectivity index (χ4n) is 7.62. The van der Waals surface area contributed by atoms with Gasteiger partial charge in [0.25, 0.3) is 0 Å². The molecule has 216 valence electrons. The molecule has 0 saturated heterocycles. The van der Waals surface area contributed by atoms with Gasteiger partial charge >= 0.3 is 0 Å². The van der Waals surface area contributed by atoms with E-state index in [1.807, 2.05) is 0 Å². The Bertz CT molecular complexity index is 2660. The van der Waals surface area contributed by atoms with Crippen LogP contribution in [0.5, 0.6) is 0 Å². The Balaban J connectivity index is 1.26. The topological polar surface area (TPSA) is 25.5 Å². The van der Waals surface area contributed by atoms with Gasteiger partial charge in [-0.3, -0.25) is 4.57 Å². The summed E-state index contributed by atoms with van der Waals surface area (Å²) in [4.78, 5) is 7.68. The van der Waals surface area contributed by atoms with Crippen molar-refractivity contribution in [2.24, 2.45) is 4.99 Å². The molecule has 0 amide bonds. The van der Waals surface area contributed by atoms with E-state index >= 15 is 0 Å². The van der Waals surface area contributed by atoms with Gasteiger partial charge in [0.05, 0.1) is 27.8 Å². The Morgan fingerprint density at radius 1 is 0.543 bits per heavy atom. The fourth-order valence-corrected chi connectivity index (χ4v) is 7.62. The van der Waals surface area contributed by atoms with Crippen molar-refractivity contribution in [2.45, 2.75) is 0 Å². The van der Waals surface area contributed by atoms with Gasteiger partial charge in [-0.05, 0) is 47.2 Å². The number of fused-ring (bicyclic) bond motifs is 9. The maximum absolute atomic E-state index is 5.32. The Morgan fingerprint density at radius 2 is 1.26 bits per heavy atom. The van der Waals surface area contributed by atoms with E-state index in [4.69, 9.17) is 4.99 Å². The van der Waals surface area contributed by atoms with Crippen LogP contribution < -0.4 is 0 Å². The van der Waals surface area contributed by atoms with E-state index in [9.17, 15) is 0 Å². The Hall–Kier alpha value is -6.13. The summed E-state index contributed by atoms with van der Waals surface area (Å²) in [5, 5.41) is 7.49. The van der Waals surface area contributed by atoms with E-state index in [-0.39, 0.29) is 0 Å². The maximum Gasteiger partial charge on any atom is 0.215 e. The molecule has 0 bridgehead atoms. The average molecular weight is 589 g/mol. The molecule has 2 aromatic heterocycles. The molecule has 0 atom stereocenters. The molecule has 8 aromatic rings. The monoisotopic (exact) mass is 588 g/mol. The summed E-state index contributed by atoms with van der Waals surface area (Å²) in [5.74, 6) is 0.914.